The Morgan fingerprint density at radius 1 is 1.35 bits per heavy atom. The van der Waals surface area contributed by atoms with Gasteiger partial charge in [0.25, 0.3) is 0 Å². The summed E-state index contributed by atoms with van der Waals surface area (Å²) in [5, 5.41) is 0.493. The lowest BCUT2D eigenvalue weighted by Crippen LogP contribution is -2.05. The fourth-order valence-corrected chi connectivity index (χ4v) is 1.71. The van der Waals surface area contributed by atoms with E-state index in [1.54, 1.807) is 19.1 Å². The van der Waals surface area contributed by atoms with Gasteiger partial charge in [-0.3, -0.25) is 0 Å². The third kappa shape index (κ3) is 2.02. The third-order valence-corrected chi connectivity index (χ3v) is 2.53. The van der Waals surface area contributed by atoms with E-state index >= 15 is 0 Å². The monoisotopic (exact) mass is 236 g/mol. The quantitative estimate of drug-likeness (QED) is 0.822. The molecule has 0 amide bonds. The minimum atomic E-state index is -0.654. The summed E-state index contributed by atoms with van der Waals surface area (Å²) in [7, 11) is 0. The van der Waals surface area contributed by atoms with Crippen LogP contribution in [0.3, 0.4) is 0 Å². The molecule has 0 spiro atoms. The van der Waals surface area contributed by atoms with E-state index in [1.807, 2.05) is 6.92 Å². The molecule has 2 aromatic rings. The first-order chi connectivity index (χ1) is 8.17. The van der Waals surface area contributed by atoms with Gasteiger partial charge in [-0.15, -0.1) is 0 Å². The number of hydrogen-bond acceptors (Lipinski definition) is 3. The topological polar surface area (TPSA) is 39.4 Å². The Hall–Kier alpha value is -1.84. The number of aryl methyl sites for hydroxylation is 1. The van der Waals surface area contributed by atoms with Crippen LogP contribution in [0.5, 0.6) is 5.75 Å². The molecule has 1 heterocycles. The van der Waals surface area contributed by atoms with Gasteiger partial charge in [0, 0.05) is 6.42 Å². The number of halogens is 1. The molecule has 0 saturated carbocycles. The Balaban J connectivity index is 2.73. The molecule has 0 aliphatic heterocycles. The van der Waals surface area contributed by atoms with Crippen LogP contribution < -0.4 is 10.4 Å². The summed E-state index contributed by atoms with van der Waals surface area (Å²) in [5.74, 6) is -0.0247. The number of rotatable bonds is 3. The maximum absolute atomic E-state index is 14.0. The zero-order valence-corrected chi connectivity index (χ0v) is 9.75. The summed E-state index contributed by atoms with van der Waals surface area (Å²) in [6, 6.07) is 4.87. The molecule has 17 heavy (non-hydrogen) atoms. The predicted molar refractivity (Wildman–Crippen MR) is 63.0 cm³/mol. The van der Waals surface area contributed by atoms with E-state index in [1.165, 1.54) is 6.07 Å². The minimum Gasteiger partial charge on any atom is -0.491 e. The Kier molecular flexibility index (Phi) is 3.13. The zero-order chi connectivity index (χ0) is 12.4. The standard InChI is InChI=1S/C13H13FO3/c1-3-9-7-8-5-6-10(16-4-2)12(14)11(8)13(15)17-9/h5-7H,3-4H2,1-2H3. The summed E-state index contributed by atoms with van der Waals surface area (Å²) < 4.78 is 24.1. The summed E-state index contributed by atoms with van der Waals surface area (Å²) >= 11 is 0. The normalized spacial score (nSPS) is 10.8. The maximum atomic E-state index is 14.0. The van der Waals surface area contributed by atoms with Crippen LogP contribution in [0, 0.1) is 5.82 Å². The highest BCUT2D eigenvalue weighted by Crippen LogP contribution is 2.24. The van der Waals surface area contributed by atoms with Crippen molar-refractivity contribution in [2.24, 2.45) is 0 Å². The average molecular weight is 236 g/mol. The van der Waals surface area contributed by atoms with Gasteiger partial charge in [-0.25, -0.2) is 9.18 Å². The van der Waals surface area contributed by atoms with Crippen molar-refractivity contribution in [2.45, 2.75) is 20.3 Å². The van der Waals surface area contributed by atoms with Crippen LogP contribution in [-0.4, -0.2) is 6.61 Å². The maximum Gasteiger partial charge on any atom is 0.346 e. The lowest BCUT2D eigenvalue weighted by molar-refractivity contribution is 0.322. The van der Waals surface area contributed by atoms with Gasteiger partial charge in [-0.2, -0.15) is 0 Å². The molecule has 90 valence electrons. The Bertz CT molecular complexity index is 601. The second-order valence-corrected chi connectivity index (χ2v) is 3.63. The first-order valence-electron chi connectivity index (χ1n) is 5.55. The van der Waals surface area contributed by atoms with Gasteiger partial charge in [-0.05, 0) is 24.4 Å². The fraction of sp³-hybridized carbons (Fsp3) is 0.308. The van der Waals surface area contributed by atoms with Gasteiger partial charge >= 0.3 is 5.63 Å². The Labute approximate surface area is 97.8 Å². The molecule has 1 aromatic heterocycles. The van der Waals surface area contributed by atoms with E-state index in [0.29, 0.717) is 24.2 Å². The van der Waals surface area contributed by atoms with Gasteiger partial charge in [0.15, 0.2) is 11.6 Å². The molecule has 0 aliphatic rings. The molecule has 1 aromatic carbocycles. The van der Waals surface area contributed by atoms with Crippen LogP contribution in [-0.2, 0) is 6.42 Å². The SMILES string of the molecule is CCOc1ccc2cc(CC)oc(=O)c2c1F. The van der Waals surface area contributed by atoms with Crippen molar-refractivity contribution in [2.75, 3.05) is 6.61 Å². The largest absolute Gasteiger partial charge is 0.491 e. The van der Waals surface area contributed by atoms with Gasteiger partial charge in [0.1, 0.15) is 11.1 Å². The molecular formula is C13H13FO3. The number of ether oxygens (including phenoxy) is 1. The van der Waals surface area contributed by atoms with Gasteiger partial charge < -0.3 is 9.15 Å². The average Bonchev–Trinajstić information content (AvgIpc) is 2.32. The number of hydrogen-bond donors (Lipinski definition) is 0. The molecule has 3 nitrogen and oxygen atoms in total. The van der Waals surface area contributed by atoms with E-state index in [4.69, 9.17) is 9.15 Å². The van der Waals surface area contributed by atoms with E-state index in [9.17, 15) is 9.18 Å². The fourth-order valence-electron chi connectivity index (χ4n) is 1.71. The first kappa shape index (κ1) is 11.6. The first-order valence-corrected chi connectivity index (χ1v) is 5.55. The van der Waals surface area contributed by atoms with Crippen LogP contribution >= 0.6 is 0 Å². The van der Waals surface area contributed by atoms with E-state index in [0.717, 1.165) is 0 Å². The Morgan fingerprint density at radius 2 is 2.12 bits per heavy atom. The van der Waals surface area contributed by atoms with Crippen molar-refractivity contribution in [1.82, 2.24) is 0 Å². The van der Waals surface area contributed by atoms with Crippen molar-refractivity contribution >= 4 is 10.8 Å². The highest BCUT2D eigenvalue weighted by molar-refractivity contribution is 5.83. The van der Waals surface area contributed by atoms with E-state index in [2.05, 4.69) is 0 Å². The second kappa shape index (κ2) is 4.57. The van der Waals surface area contributed by atoms with Gasteiger partial charge in [-0.1, -0.05) is 13.0 Å². The summed E-state index contributed by atoms with van der Waals surface area (Å²) in [6.45, 7) is 3.97. The van der Waals surface area contributed by atoms with Crippen LogP contribution in [0.25, 0.3) is 10.8 Å². The molecule has 0 radical (unpaired) electrons. The molecule has 0 unspecified atom stereocenters. The highest BCUT2D eigenvalue weighted by Gasteiger charge is 2.13. The summed E-state index contributed by atoms with van der Waals surface area (Å²) in [4.78, 5) is 11.7. The summed E-state index contributed by atoms with van der Waals surface area (Å²) in [6.07, 6.45) is 0.597. The van der Waals surface area contributed by atoms with Gasteiger partial charge in [0.05, 0.1) is 6.61 Å². The molecule has 0 fully saturated rings. The molecule has 0 N–H and O–H groups in total. The van der Waals surface area contributed by atoms with Gasteiger partial charge in [0.2, 0.25) is 0 Å². The second-order valence-electron chi connectivity index (χ2n) is 3.63. The lowest BCUT2D eigenvalue weighted by atomic mass is 10.1. The van der Waals surface area contributed by atoms with E-state index < -0.39 is 11.4 Å². The predicted octanol–water partition coefficient (Wildman–Crippen LogP) is 2.89. The highest BCUT2D eigenvalue weighted by atomic mass is 19.1. The van der Waals surface area contributed by atoms with E-state index in [-0.39, 0.29) is 11.1 Å². The number of fused-ring (bicyclic) bond motifs is 1. The smallest absolute Gasteiger partial charge is 0.346 e. The molecule has 0 saturated heterocycles. The molecular weight excluding hydrogens is 223 g/mol. The molecule has 0 atom stereocenters. The molecule has 4 heteroatoms. The summed E-state index contributed by atoms with van der Waals surface area (Å²) in [5.41, 5.74) is -0.654. The zero-order valence-electron chi connectivity index (χ0n) is 9.75. The third-order valence-electron chi connectivity index (χ3n) is 2.53. The van der Waals surface area contributed by atoms with Crippen molar-refractivity contribution in [3.05, 3.63) is 40.2 Å². The van der Waals surface area contributed by atoms with Crippen molar-refractivity contribution in [3.8, 4) is 5.75 Å². The van der Waals surface area contributed by atoms with Crippen molar-refractivity contribution in [1.29, 1.82) is 0 Å². The van der Waals surface area contributed by atoms with Crippen molar-refractivity contribution < 1.29 is 13.5 Å². The number of benzene rings is 1. The van der Waals surface area contributed by atoms with Crippen LogP contribution in [0.2, 0.25) is 0 Å². The van der Waals surface area contributed by atoms with Crippen LogP contribution in [0.15, 0.2) is 27.4 Å². The minimum absolute atomic E-state index is 0.0480. The molecule has 0 aliphatic carbocycles. The van der Waals surface area contributed by atoms with Crippen LogP contribution in [0.1, 0.15) is 19.6 Å². The lowest BCUT2D eigenvalue weighted by Gasteiger charge is -2.06. The molecule has 2 rings (SSSR count). The Morgan fingerprint density at radius 3 is 2.76 bits per heavy atom. The molecule has 0 bridgehead atoms. The van der Waals surface area contributed by atoms with Crippen molar-refractivity contribution in [3.63, 3.8) is 0 Å². The van der Waals surface area contributed by atoms with Crippen LogP contribution in [0.4, 0.5) is 4.39 Å².